The van der Waals surface area contributed by atoms with Crippen molar-refractivity contribution >= 4 is 11.9 Å². The Morgan fingerprint density at radius 2 is 0.597 bits per heavy atom. The molecule has 0 saturated heterocycles. The molecule has 0 aliphatic carbocycles. The summed E-state index contributed by atoms with van der Waals surface area (Å²) < 4.78 is 10.7. The molecular formula is C67H120O5. The fourth-order valence-electron chi connectivity index (χ4n) is 9.29. The highest BCUT2D eigenvalue weighted by atomic mass is 16.6. The average Bonchev–Trinajstić information content (AvgIpc) is 3.38. The van der Waals surface area contributed by atoms with Gasteiger partial charge in [-0.2, -0.15) is 0 Å². The minimum Gasteiger partial charge on any atom is -0.462 e. The van der Waals surface area contributed by atoms with Crippen molar-refractivity contribution in [3.63, 3.8) is 0 Å². The molecule has 0 aliphatic heterocycles. The number of carbonyl (C=O) groups is 2. The summed E-state index contributed by atoms with van der Waals surface area (Å²) in [5.74, 6) is -0.580. The molecule has 1 N–H and O–H groups in total. The smallest absolute Gasteiger partial charge is 0.306 e. The van der Waals surface area contributed by atoms with Crippen LogP contribution < -0.4 is 0 Å². The Kier molecular flexibility index (Phi) is 60.3. The zero-order valence-electron chi connectivity index (χ0n) is 47.9. The van der Waals surface area contributed by atoms with E-state index in [-0.39, 0.29) is 25.2 Å². The molecule has 418 valence electrons. The zero-order chi connectivity index (χ0) is 52.0. The molecule has 0 aromatic carbocycles. The van der Waals surface area contributed by atoms with Gasteiger partial charge in [-0.15, -0.1) is 0 Å². The normalized spacial score (nSPS) is 12.7. The minimum atomic E-state index is -0.775. The van der Waals surface area contributed by atoms with Gasteiger partial charge in [-0.1, -0.05) is 299 Å². The monoisotopic (exact) mass is 1000 g/mol. The molecule has 0 amide bonds. The van der Waals surface area contributed by atoms with Gasteiger partial charge in [0.15, 0.2) is 6.10 Å². The lowest BCUT2D eigenvalue weighted by atomic mass is 10.0. The number of unbranched alkanes of at least 4 members (excludes halogenated alkanes) is 38. The van der Waals surface area contributed by atoms with E-state index < -0.39 is 6.10 Å². The van der Waals surface area contributed by atoms with Crippen molar-refractivity contribution in [1.29, 1.82) is 0 Å². The SMILES string of the molecule is CC/C=C\C/C=C\C/C=C\C/C=C\CCCCCCCCCCCCCCC(=O)OC(CO)COC(=O)CCCCCCCCCCCCCCCCCCCCCCC/C=C\C/C=C\CCCCCCC. The lowest BCUT2D eigenvalue weighted by Gasteiger charge is -2.15. The van der Waals surface area contributed by atoms with Gasteiger partial charge in [0.1, 0.15) is 6.61 Å². The summed E-state index contributed by atoms with van der Waals surface area (Å²) >= 11 is 0. The van der Waals surface area contributed by atoms with E-state index in [1.807, 2.05) is 0 Å². The fourth-order valence-corrected chi connectivity index (χ4v) is 9.29. The van der Waals surface area contributed by atoms with E-state index in [1.54, 1.807) is 0 Å². The van der Waals surface area contributed by atoms with E-state index in [0.29, 0.717) is 12.8 Å². The second-order valence-electron chi connectivity index (χ2n) is 21.1. The van der Waals surface area contributed by atoms with Gasteiger partial charge in [-0.25, -0.2) is 0 Å². The highest BCUT2D eigenvalue weighted by molar-refractivity contribution is 5.70. The highest BCUT2D eigenvalue weighted by Gasteiger charge is 2.16. The maximum Gasteiger partial charge on any atom is 0.306 e. The van der Waals surface area contributed by atoms with Crippen molar-refractivity contribution in [2.45, 2.75) is 328 Å². The van der Waals surface area contributed by atoms with E-state index in [1.165, 1.54) is 225 Å². The van der Waals surface area contributed by atoms with Crippen molar-refractivity contribution in [2.75, 3.05) is 13.2 Å². The summed E-state index contributed by atoms with van der Waals surface area (Å²) in [6.45, 7) is 4.05. The molecule has 0 aliphatic rings. The van der Waals surface area contributed by atoms with Gasteiger partial charge < -0.3 is 14.6 Å². The van der Waals surface area contributed by atoms with Crippen LogP contribution in [0.3, 0.4) is 0 Å². The number of hydrogen-bond acceptors (Lipinski definition) is 5. The van der Waals surface area contributed by atoms with Gasteiger partial charge in [0.05, 0.1) is 6.61 Å². The Morgan fingerprint density at radius 3 is 0.903 bits per heavy atom. The largest absolute Gasteiger partial charge is 0.462 e. The van der Waals surface area contributed by atoms with Gasteiger partial charge >= 0.3 is 11.9 Å². The number of aliphatic hydroxyl groups excluding tert-OH is 1. The first-order valence-corrected chi connectivity index (χ1v) is 31.5. The van der Waals surface area contributed by atoms with Crippen molar-refractivity contribution < 1.29 is 24.2 Å². The third-order valence-electron chi connectivity index (χ3n) is 14.0. The standard InChI is InChI=1S/C67H120O5/c1-3-5-7-9-11-13-15-17-19-21-23-25-27-29-30-31-32-33-34-35-36-38-39-41-43-45-47-49-51-53-55-57-59-61-66(69)71-64-65(63-68)72-67(70)62-60-58-56-54-52-50-48-46-44-42-40-37-28-26-24-22-20-18-16-14-12-10-8-6-4-2/h6,8,12,14-15,17-18,20-21,23-24,26,65,68H,3-5,7,9-11,13,16,19,22,25,27-64H2,1-2H3/b8-6-,14-12-,17-15-,20-18-,23-21-,26-24-. The quantitative estimate of drug-likeness (QED) is 0.0373. The Morgan fingerprint density at radius 1 is 0.333 bits per heavy atom. The molecule has 0 spiro atoms. The maximum absolute atomic E-state index is 12.3. The lowest BCUT2D eigenvalue weighted by molar-refractivity contribution is -0.161. The molecule has 1 atom stereocenters. The van der Waals surface area contributed by atoms with Crippen molar-refractivity contribution in [3.05, 3.63) is 72.9 Å². The van der Waals surface area contributed by atoms with Gasteiger partial charge in [0.25, 0.3) is 0 Å². The lowest BCUT2D eigenvalue weighted by Crippen LogP contribution is -2.28. The van der Waals surface area contributed by atoms with Crippen molar-refractivity contribution in [3.8, 4) is 0 Å². The molecule has 0 fully saturated rings. The third-order valence-corrected chi connectivity index (χ3v) is 14.0. The number of hydrogen-bond donors (Lipinski definition) is 1. The second kappa shape index (κ2) is 62.6. The van der Waals surface area contributed by atoms with Gasteiger partial charge in [0, 0.05) is 12.8 Å². The van der Waals surface area contributed by atoms with Crippen LogP contribution in [0.4, 0.5) is 0 Å². The van der Waals surface area contributed by atoms with E-state index in [0.717, 1.165) is 70.6 Å². The van der Waals surface area contributed by atoms with Gasteiger partial charge in [-0.05, 0) is 83.5 Å². The molecule has 0 rings (SSSR count). The first-order chi connectivity index (χ1) is 35.6. The minimum absolute atomic E-state index is 0.0651. The Hall–Kier alpha value is -2.66. The maximum atomic E-state index is 12.3. The van der Waals surface area contributed by atoms with Crippen LogP contribution in [0.1, 0.15) is 322 Å². The number of aliphatic hydroxyl groups is 1. The molecule has 0 saturated carbocycles. The van der Waals surface area contributed by atoms with Gasteiger partial charge in [0.2, 0.25) is 0 Å². The van der Waals surface area contributed by atoms with Crippen LogP contribution in [0.5, 0.6) is 0 Å². The zero-order valence-corrected chi connectivity index (χ0v) is 47.9. The second-order valence-corrected chi connectivity index (χ2v) is 21.1. The Labute approximate surface area is 448 Å². The van der Waals surface area contributed by atoms with Crippen molar-refractivity contribution in [2.24, 2.45) is 0 Å². The molecule has 0 radical (unpaired) electrons. The van der Waals surface area contributed by atoms with Crippen LogP contribution >= 0.6 is 0 Å². The Balaban J connectivity index is 3.43. The molecule has 0 aromatic rings. The summed E-state index contributed by atoms with van der Waals surface area (Å²) in [4.78, 5) is 24.6. The molecule has 5 heteroatoms. The fraction of sp³-hybridized carbons (Fsp3) is 0.791. The topological polar surface area (TPSA) is 72.8 Å². The van der Waals surface area contributed by atoms with Crippen LogP contribution in [0.25, 0.3) is 0 Å². The summed E-state index contributed by atoms with van der Waals surface area (Å²) in [6, 6.07) is 0. The predicted octanol–water partition coefficient (Wildman–Crippen LogP) is 21.5. The van der Waals surface area contributed by atoms with Crippen LogP contribution in [0.2, 0.25) is 0 Å². The molecule has 0 heterocycles. The number of ether oxygens (including phenoxy) is 2. The highest BCUT2D eigenvalue weighted by Crippen LogP contribution is 2.17. The first-order valence-electron chi connectivity index (χ1n) is 31.5. The van der Waals surface area contributed by atoms with Crippen molar-refractivity contribution in [1.82, 2.24) is 0 Å². The first kappa shape index (κ1) is 69.3. The summed E-state index contributed by atoms with van der Waals surface area (Å²) in [6.07, 6.45) is 86.2. The molecular weight excluding hydrogens is 885 g/mol. The van der Waals surface area contributed by atoms with Crippen LogP contribution in [0.15, 0.2) is 72.9 Å². The number of rotatable bonds is 58. The molecule has 1 unspecified atom stereocenters. The van der Waals surface area contributed by atoms with Crippen LogP contribution in [-0.2, 0) is 19.1 Å². The number of allylic oxidation sites excluding steroid dienone is 12. The van der Waals surface area contributed by atoms with Gasteiger partial charge in [-0.3, -0.25) is 9.59 Å². The summed E-state index contributed by atoms with van der Waals surface area (Å²) in [5.41, 5.74) is 0. The molecule has 0 aromatic heterocycles. The molecule has 72 heavy (non-hydrogen) atoms. The predicted molar refractivity (Wildman–Crippen MR) is 316 cm³/mol. The summed E-state index contributed by atoms with van der Waals surface area (Å²) in [7, 11) is 0. The van der Waals surface area contributed by atoms with Crippen LogP contribution in [-0.4, -0.2) is 36.4 Å². The van der Waals surface area contributed by atoms with E-state index in [2.05, 4.69) is 86.8 Å². The Bertz CT molecular complexity index is 1270. The average molecular weight is 1010 g/mol. The molecule has 5 nitrogen and oxygen atoms in total. The van der Waals surface area contributed by atoms with Crippen LogP contribution in [0, 0.1) is 0 Å². The summed E-state index contributed by atoms with van der Waals surface area (Å²) in [5, 5.41) is 9.68. The van der Waals surface area contributed by atoms with E-state index in [4.69, 9.17) is 9.47 Å². The number of carbonyl (C=O) groups excluding carboxylic acids is 2. The number of esters is 2. The molecule has 0 bridgehead atoms. The van der Waals surface area contributed by atoms with E-state index in [9.17, 15) is 14.7 Å². The van der Waals surface area contributed by atoms with E-state index >= 15 is 0 Å². The third kappa shape index (κ3) is 59.9.